The van der Waals surface area contributed by atoms with Gasteiger partial charge in [-0.25, -0.2) is 0 Å². The molecule has 0 spiro atoms. The molecule has 4 nitrogen and oxygen atoms in total. The lowest BCUT2D eigenvalue weighted by atomic mass is 10.4. The summed E-state index contributed by atoms with van der Waals surface area (Å²) in [5.74, 6) is 0.956. The Hall–Kier alpha value is -0.610. The van der Waals surface area contributed by atoms with Gasteiger partial charge in [-0.1, -0.05) is 0 Å². The first-order valence-electron chi connectivity index (χ1n) is 5.92. The number of rotatable bonds is 7. The topological polar surface area (TPSA) is 52.6 Å². The smallest absolute Gasteiger partial charge is 0.236 e. The van der Waals surface area contributed by atoms with E-state index in [-0.39, 0.29) is 12.5 Å². The molecule has 0 aromatic rings. The Morgan fingerprint density at radius 2 is 2.07 bits per heavy atom. The fourth-order valence-corrected chi connectivity index (χ4v) is 1.81. The molecule has 0 saturated heterocycles. The van der Waals surface area contributed by atoms with Crippen LogP contribution >= 0.6 is 0 Å². The van der Waals surface area contributed by atoms with Crippen molar-refractivity contribution in [3.8, 4) is 0 Å². The minimum absolute atomic E-state index is 0.0743. The van der Waals surface area contributed by atoms with Gasteiger partial charge in [0.1, 0.15) is 0 Å². The molecule has 2 fully saturated rings. The predicted molar refractivity (Wildman–Crippen MR) is 57.4 cm³/mol. The lowest BCUT2D eigenvalue weighted by Crippen LogP contribution is -2.41. The van der Waals surface area contributed by atoms with Gasteiger partial charge in [0.15, 0.2) is 0 Å². The zero-order valence-corrected chi connectivity index (χ0v) is 9.11. The number of aliphatic hydroxyl groups excluding tert-OH is 1. The standard InChI is InChI=1S/C11H20N2O2/c14-6-5-13(10-3-4-10)11(15)8-12-7-9-1-2-9/h9-10,12,14H,1-8H2. The Kier molecular flexibility index (Phi) is 3.59. The maximum absolute atomic E-state index is 11.8. The third kappa shape index (κ3) is 3.47. The summed E-state index contributed by atoms with van der Waals surface area (Å²) in [7, 11) is 0. The molecule has 0 bridgehead atoms. The van der Waals surface area contributed by atoms with E-state index >= 15 is 0 Å². The Bertz CT molecular complexity index is 225. The number of carbonyl (C=O) groups excluding carboxylic acids is 1. The third-order valence-electron chi connectivity index (χ3n) is 3.06. The maximum Gasteiger partial charge on any atom is 0.236 e. The first-order chi connectivity index (χ1) is 7.31. The van der Waals surface area contributed by atoms with Crippen molar-refractivity contribution in [1.29, 1.82) is 0 Å². The molecule has 2 saturated carbocycles. The first-order valence-corrected chi connectivity index (χ1v) is 5.92. The van der Waals surface area contributed by atoms with Crippen molar-refractivity contribution in [3.63, 3.8) is 0 Å². The number of hydrogen-bond donors (Lipinski definition) is 2. The molecular formula is C11H20N2O2. The van der Waals surface area contributed by atoms with Gasteiger partial charge in [-0.3, -0.25) is 4.79 Å². The van der Waals surface area contributed by atoms with Gasteiger partial charge in [0.25, 0.3) is 0 Å². The highest BCUT2D eigenvalue weighted by Crippen LogP contribution is 2.28. The lowest BCUT2D eigenvalue weighted by molar-refractivity contribution is -0.131. The van der Waals surface area contributed by atoms with Crippen LogP contribution in [-0.4, -0.2) is 48.2 Å². The van der Waals surface area contributed by atoms with Crippen LogP contribution in [0.2, 0.25) is 0 Å². The molecule has 0 aromatic carbocycles. The normalized spacial score (nSPS) is 20.3. The summed E-state index contributed by atoms with van der Waals surface area (Å²) in [6.45, 7) is 1.98. The monoisotopic (exact) mass is 212 g/mol. The van der Waals surface area contributed by atoms with Crippen molar-refractivity contribution >= 4 is 5.91 Å². The van der Waals surface area contributed by atoms with Gasteiger partial charge in [0, 0.05) is 12.6 Å². The third-order valence-corrected chi connectivity index (χ3v) is 3.06. The van der Waals surface area contributed by atoms with Gasteiger partial charge >= 0.3 is 0 Å². The van der Waals surface area contributed by atoms with E-state index in [1.165, 1.54) is 12.8 Å². The van der Waals surface area contributed by atoms with E-state index in [1.807, 2.05) is 4.90 Å². The number of hydrogen-bond acceptors (Lipinski definition) is 3. The summed E-state index contributed by atoms with van der Waals surface area (Å²) < 4.78 is 0. The number of nitrogens with zero attached hydrogens (tertiary/aromatic N) is 1. The van der Waals surface area contributed by atoms with Crippen LogP contribution in [0.1, 0.15) is 25.7 Å². The van der Waals surface area contributed by atoms with E-state index in [0.29, 0.717) is 19.1 Å². The SMILES string of the molecule is O=C(CNCC1CC1)N(CCO)C1CC1. The Morgan fingerprint density at radius 1 is 1.33 bits per heavy atom. The molecule has 86 valence electrons. The van der Waals surface area contributed by atoms with Crippen LogP contribution in [0.25, 0.3) is 0 Å². The molecule has 0 heterocycles. The highest BCUT2D eigenvalue weighted by atomic mass is 16.3. The van der Waals surface area contributed by atoms with Crippen molar-refractivity contribution < 1.29 is 9.90 Å². The molecule has 2 aliphatic rings. The van der Waals surface area contributed by atoms with Crippen LogP contribution in [0.3, 0.4) is 0 Å². The van der Waals surface area contributed by atoms with Crippen molar-refractivity contribution in [1.82, 2.24) is 10.2 Å². The molecule has 2 aliphatic carbocycles. The molecule has 1 amide bonds. The number of amides is 1. The number of carbonyl (C=O) groups is 1. The molecule has 2 rings (SSSR count). The second-order valence-electron chi connectivity index (χ2n) is 4.62. The molecule has 0 unspecified atom stereocenters. The zero-order chi connectivity index (χ0) is 10.7. The van der Waals surface area contributed by atoms with E-state index in [2.05, 4.69) is 5.32 Å². The van der Waals surface area contributed by atoms with E-state index < -0.39 is 0 Å². The van der Waals surface area contributed by atoms with E-state index in [1.54, 1.807) is 0 Å². The van der Waals surface area contributed by atoms with Crippen LogP contribution in [0.5, 0.6) is 0 Å². The van der Waals surface area contributed by atoms with Gasteiger partial charge in [0.05, 0.1) is 13.2 Å². The molecule has 0 radical (unpaired) electrons. The minimum Gasteiger partial charge on any atom is -0.395 e. The minimum atomic E-state index is 0.0743. The maximum atomic E-state index is 11.8. The van der Waals surface area contributed by atoms with Crippen LogP contribution in [-0.2, 0) is 4.79 Å². The van der Waals surface area contributed by atoms with Crippen LogP contribution in [0.4, 0.5) is 0 Å². The molecule has 2 N–H and O–H groups in total. The fourth-order valence-electron chi connectivity index (χ4n) is 1.81. The van der Waals surface area contributed by atoms with Crippen molar-refractivity contribution in [3.05, 3.63) is 0 Å². The highest BCUT2D eigenvalue weighted by molar-refractivity contribution is 5.78. The summed E-state index contributed by atoms with van der Waals surface area (Å²) in [6, 6.07) is 0.410. The fraction of sp³-hybridized carbons (Fsp3) is 0.909. The second-order valence-corrected chi connectivity index (χ2v) is 4.62. The van der Waals surface area contributed by atoms with Crippen molar-refractivity contribution in [2.24, 2.45) is 5.92 Å². The largest absolute Gasteiger partial charge is 0.395 e. The van der Waals surface area contributed by atoms with Gasteiger partial charge < -0.3 is 15.3 Å². The van der Waals surface area contributed by atoms with Crippen LogP contribution in [0, 0.1) is 5.92 Å². The van der Waals surface area contributed by atoms with E-state index in [9.17, 15) is 4.79 Å². The second kappa shape index (κ2) is 4.94. The van der Waals surface area contributed by atoms with Gasteiger partial charge in [-0.15, -0.1) is 0 Å². The number of nitrogens with one attached hydrogen (secondary N) is 1. The Morgan fingerprint density at radius 3 is 2.60 bits per heavy atom. The highest BCUT2D eigenvalue weighted by Gasteiger charge is 2.31. The van der Waals surface area contributed by atoms with Gasteiger partial charge in [-0.05, 0) is 38.1 Å². The Balaban J connectivity index is 1.66. The molecule has 15 heavy (non-hydrogen) atoms. The van der Waals surface area contributed by atoms with Crippen molar-refractivity contribution in [2.75, 3.05) is 26.2 Å². The van der Waals surface area contributed by atoms with Gasteiger partial charge in [0.2, 0.25) is 5.91 Å². The summed E-state index contributed by atoms with van der Waals surface area (Å²) >= 11 is 0. The summed E-state index contributed by atoms with van der Waals surface area (Å²) in [4.78, 5) is 13.6. The molecule has 0 aromatic heterocycles. The zero-order valence-electron chi connectivity index (χ0n) is 9.11. The Labute approximate surface area is 90.6 Å². The summed E-state index contributed by atoms with van der Waals surface area (Å²) in [6.07, 6.45) is 4.83. The summed E-state index contributed by atoms with van der Waals surface area (Å²) in [5, 5.41) is 12.1. The van der Waals surface area contributed by atoms with Gasteiger partial charge in [-0.2, -0.15) is 0 Å². The van der Waals surface area contributed by atoms with Crippen molar-refractivity contribution in [2.45, 2.75) is 31.7 Å². The van der Waals surface area contributed by atoms with Crippen LogP contribution in [0.15, 0.2) is 0 Å². The molecule has 0 aliphatic heterocycles. The van der Waals surface area contributed by atoms with Crippen LogP contribution < -0.4 is 5.32 Å². The first kappa shape index (κ1) is 10.9. The number of aliphatic hydroxyl groups is 1. The lowest BCUT2D eigenvalue weighted by Gasteiger charge is -2.21. The van der Waals surface area contributed by atoms with E-state index in [4.69, 9.17) is 5.11 Å². The summed E-state index contributed by atoms with van der Waals surface area (Å²) in [5.41, 5.74) is 0. The molecular weight excluding hydrogens is 192 g/mol. The van der Waals surface area contributed by atoms with E-state index in [0.717, 1.165) is 25.3 Å². The average Bonchev–Trinajstić information content (AvgIpc) is 3.05. The predicted octanol–water partition coefficient (Wildman–Crippen LogP) is -0.0307. The molecule has 0 atom stereocenters. The molecule has 4 heteroatoms. The quantitative estimate of drug-likeness (QED) is 0.623. The average molecular weight is 212 g/mol.